The Labute approximate surface area is 105 Å². The summed E-state index contributed by atoms with van der Waals surface area (Å²) in [5.41, 5.74) is 2.72. The molecule has 0 spiro atoms. The normalized spacial score (nSPS) is 10.8. The molecule has 1 rings (SSSR count). The van der Waals surface area contributed by atoms with Gasteiger partial charge >= 0.3 is 0 Å². The van der Waals surface area contributed by atoms with Crippen LogP contribution in [0.15, 0.2) is 18.2 Å². The summed E-state index contributed by atoms with van der Waals surface area (Å²) in [6.07, 6.45) is 3.43. The number of unbranched alkanes of at least 4 members (excludes halogenated alkanes) is 1. The highest BCUT2D eigenvalue weighted by atomic mass is 32.1. The molecular formula is C14H22OS. The molecule has 1 nitrogen and oxygen atoms in total. The summed E-state index contributed by atoms with van der Waals surface area (Å²) in [4.78, 5) is 0. The van der Waals surface area contributed by atoms with Gasteiger partial charge in [0.25, 0.3) is 0 Å². The van der Waals surface area contributed by atoms with Crippen molar-refractivity contribution in [1.82, 2.24) is 0 Å². The van der Waals surface area contributed by atoms with E-state index in [9.17, 15) is 0 Å². The Hall–Kier alpha value is -0.630. The molecule has 0 unspecified atom stereocenters. The largest absolute Gasteiger partial charge is 0.496 e. The van der Waals surface area contributed by atoms with E-state index in [2.05, 4.69) is 44.7 Å². The first-order chi connectivity index (χ1) is 7.69. The van der Waals surface area contributed by atoms with Crippen molar-refractivity contribution < 1.29 is 4.74 Å². The van der Waals surface area contributed by atoms with Crippen molar-refractivity contribution in [2.45, 2.75) is 39.0 Å². The number of benzene rings is 1. The Kier molecular flexibility index (Phi) is 5.75. The van der Waals surface area contributed by atoms with Gasteiger partial charge in [0.2, 0.25) is 0 Å². The maximum absolute atomic E-state index is 5.39. The quantitative estimate of drug-likeness (QED) is 0.580. The lowest BCUT2D eigenvalue weighted by Gasteiger charge is -2.12. The van der Waals surface area contributed by atoms with Gasteiger partial charge in [-0.15, -0.1) is 0 Å². The maximum Gasteiger partial charge on any atom is 0.122 e. The fourth-order valence-electron chi connectivity index (χ4n) is 1.78. The minimum Gasteiger partial charge on any atom is -0.496 e. The number of ether oxygens (including phenoxy) is 1. The number of thiol groups is 1. The summed E-state index contributed by atoms with van der Waals surface area (Å²) in [5, 5.41) is 0. The van der Waals surface area contributed by atoms with Gasteiger partial charge in [-0.1, -0.05) is 26.0 Å². The van der Waals surface area contributed by atoms with Crippen LogP contribution in [0.1, 0.15) is 43.7 Å². The summed E-state index contributed by atoms with van der Waals surface area (Å²) in [7, 11) is 1.74. The third kappa shape index (κ3) is 3.75. The topological polar surface area (TPSA) is 9.23 Å². The lowest BCUT2D eigenvalue weighted by atomic mass is 9.98. The lowest BCUT2D eigenvalue weighted by Crippen LogP contribution is -1.96. The molecule has 0 heterocycles. The van der Waals surface area contributed by atoms with E-state index in [0.717, 1.165) is 24.3 Å². The second-order valence-electron chi connectivity index (χ2n) is 4.41. The predicted octanol–water partition coefficient (Wildman–Crippen LogP) is 4.07. The van der Waals surface area contributed by atoms with Gasteiger partial charge in [-0.05, 0) is 48.1 Å². The Balaban J connectivity index is 2.80. The van der Waals surface area contributed by atoms with Gasteiger partial charge in [0, 0.05) is 0 Å². The average molecular weight is 238 g/mol. The van der Waals surface area contributed by atoms with Gasteiger partial charge in [-0.2, -0.15) is 12.6 Å². The van der Waals surface area contributed by atoms with Crippen LogP contribution in [0, 0.1) is 0 Å². The first kappa shape index (κ1) is 13.4. The highest BCUT2D eigenvalue weighted by Gasteiger charge is 2.06. The van der Waals surface area contributed by atoms with Gasteiger partial charge in [-0.3, -0.25) is 0 Å². The second-order valence-corrected chi connectivity index (χ2v) is 4.85. The molecule has 0 aliphatic rings. The van der Waals surface area contributed by atoms with Crippen LogP contribution in [0.25, 0.3) is 0 Å². The Morgan fingerprint density at radius 2 is 2.00 bits per heavy atom. The number of methoxy groups -OCH3 is 1. The molecular weight excluding hydrogens is 216 g/mol. The van der Waals surface area contributed by atoms with Crippen LogP contribution in [0.3, 0.4) is 0 Å². The highest BCUT2D eigenvalue weighted by molar-refractivity contribution is 7.80. The number of rotatable bonds is 6. The van der Waals surface area contributed by atoms with Crippen molar-refractivity contribution in [2.24, 2.45) is 0 Å². The van der Waals surface area contributed by atoms with Crippen LogP contribution < -0.4 is 4.74 Å². The first-order valence-corrected chi connectivity index (χ1v) is 6.60. The molecule has 16 heavy (non-hydrogen) atoms. The fourth-order valence-corrected chi connectivity index (χ4v) is 2.00. The fraction of sp³-hybridized carbons (Fsp3) is 0.571. The van der Waals surface area contributed by atoms with Crippen molar-refractivity contribution in [3.05, 3.63) is 29.3 Å². The minimum absolute atomic E-state index is 0.578. The molecule has 0 N–H and O–H groups in total. The van der Waals surface area contributed by atoms with E-state index in [1.54, 1.807) is 7.11 Å². The van der Waals surface area contributed by atoms with E-state index in [-0.39, 0.29) is 0 Å². The van der Waals surface area contributed by atoms with Crippen molar-refractivity contribution >= 4 is 12.6 Å². The van der Waals surface area contributed by atoms with E-state index < -0.39 is 0 Å². The predicted molar refractivity (Wildman–Crippen MR) is 73.9 cm³/mol. The zero-order chi connectivity index (χ0) is 12.0. The van der Waals surface area contributed by atoms with Crippen LogP contribution in [0.5, 0.6) is 5.75 Å². The zero-order valence-electron chi connectivity index (χ0n) is 10.5. The number of hydrogen-bond acceptors (Lipinski definition) is 2. The minimum atomic E-state index is 0.578. The second kappa shape index (κ2) is 6.85. The molecule has 0 bridgehead atoms. The standard InChI is InChI=1S/C14H22OS/c1-11(2)12-7-8-14(15-3)13(10-12)6-4-5-9-16/h7-8,10-11,16H,4-6,9H2,1-3H3. The van der Waals surface area contributed by atoms with Crippen molar-refractivity contribution in [3.63, 3.8) is 0 Å². The Bertz CT molecular complexity index is 321. The highest BCUT2D eigenvalue weighted by Crippen LogP contribution is 2.25. The molecule has 0 atom stereocenters. The van der Waals surface area contributed by atoms with Crippen LogP contribution in [-0.4, -0.2) is 12.9 Å². The maximum atomic E-state index is 5.39. The number of aryl methyl sites for hydroxylation is 1. The van der Waals surface area contributed by atoms with Gasteiger partial charge in [0.15, 0.2) is 0 Å². The molecule has 0 aliphatic heterocycles. The van der Waals surface area contributed by atoms with Crippen LogP contribution >= 0.6 is 12.6 Å². The van der Waals surface area contributed by atoms with Crippen LogP contribution in [0.4, 0.5) is 0 Å². The summed E-state index contributed by atoms with van der Waals surface area (Å²) in [6, 6.07) is 6.53. The molecule has 1 aromatic rings. The zero-order valence-corrected chi connectivity index (χ0v) is 11.4. The van der Waals surface area contributed by atoms with E-state index in [1.165, 1.54) is 17.5 Å². The molecule has 0 radical (unpaired) electrons. The molecule has 1 aromatic carbocycles. The van der Waals surface area contributed by atoms with E-state index >= 15 is 0 Å². The smallest absolute Gasteiger partial charge is 0.122 e. The first-order valence-electron chi connectivity index (χ1n) is 5.96. The summed E-state index contributed by atoms with van der Waals surface area (Å²) in [5.74, 6) is 2.56. The summed E-state index contributed by atoms with van der Waals surface area (Å²) < 4.78 is 5.39. The van der Waals surface area contributed by atoms with E-state index in [4.69, 9.17) is 4.74 Å². The van der Waals surface area contributed by atoms with Crippen molar-refractivity contribution in [2.75, 3.05) is 12.9 Å². The SMILES string of the molecule is COc1ccc(C(C)C)cc1CCCCS. The Morgan fingerprint density at radius 3 is 2.56 bits per heavy atom. The molecule has 0 saturated heterocycles. The molecule has 0 aromatic heterocycles. The van der Waals surface area contributed by atoms with Gasteiger partial charge in [0.1, 0.15) is 5.75 Å². The van der Waals surface area contributed by atoms with Crippen molar-refractivity contribution in [1.29, 1.82) is 0 Å². The monoisotopic (exact) mass is 238 g/mol. The van der Waals surface area contributed by atoms with E-state index in [0.29, 0.717) is 5.92 Å². The molecule has 2 heteroatoms. The lowest BCUT2D eigenvalue weighted by molar-refractivity contribution is 0.409. The average Bonchev–Trinajstić information content (AvgIpc) is 2.29. The third-order valence-electron chi connectivity index (χ3n) is 2.83. The van der Waals surface area contributed by atoms with Crippen LogP contribution in [0.2, 0.25) is 0 Å². The molecule has 0 amide bonds. The Morgan fingerprint density at radius 1 is 1.25 bits per heavy atom. The van der Waals surface area contributed by atoms with E-state index in [1.807, 2.05) is 0 Å². The van der Waals surface area contributed by atoms with Gasteiger partial charge < -0.3 is 4.74 Å². The molecule has 0 fully saturated rings. The van der Waals surface area contributed by atoms with Gasteiger partial charge in [-0.25, -0.2) is 0 Å². The van der Waals surface area contributed by atoms with Crippen LogP contribution in [-0.2, 0) is 6.42 Å². The molecule has 0 saturated carbocycles. The molecule has 0 aliphatic carbocycles. The van der Waals surface area contributed by atoms with Gasteiger partial charge in [0.05, 0.1) is 7.11 Å². The van der Waals surface area contributed by atoms with Crippen molar-refractivity contribution in [3.8, 4) is 5.75 Å². The third-order valence-corrected chi connectivity index (χ3v) is 3.14. The summed E-state index contributed by atoms with van der Waals surface area (Å²) >= 11 is 4.24. The molecule has 90 valence electrons. The number of hydrogen-bond donors (Lipinski definition) is 1. The summed E-state index contributed by atoms with van der Waals surface area (Å²) in [6.45, 7) is 4.44.